The van der Waals surface area contributed by atoms with Gasteiger partial charge in [-0.1, -0.05) is 140 Å². The molecular formula is C63H40N2O4. The second-order valence-corrected chi connectivity index (χ2v) is 18.5. The van der Waals surface area contributed by atoms with Gasteiger partial charge in [0.1, 0.15) is 34.2 Å². The van der Waals surface area contributed by atoms with Crippen molar-refractivity contribution in [2.75, 3.05) is 9.80 Å². The zero-order valence-electron chi connectivity index (χ0n) is 37.2. The Kier molecular flexibility index (Phi) is 7.81. The fraction of sp³-hybridized carbons (Fsp3) is 0.0635. The zero-order valence-corrected chi connectivity index (χ0v) is 37.2. The highest BCUT2D eigenvalue weighted by Crippen LogP contribution is 2.64. The fourth-order valence-corrected chi connectivity index (χ4v) is 12.5. The zero-order chi connectivity index (χ0) is 45.4. The number of allylic oxidation sites excluding steroid dienone is 4. The molecule has 69 heavy (non-hydrogen) atoms. The van der Waals surface area contributed by atoms with Crippen LogP contribution in [0.4, 0.5) is 34.1 Å². The molecule has 5 aliphatic rings. The number of rotatable bonds is 2. The van der Waals surface area contributed by atoms with E-state index in [0.717, 1.165) is 97.8 Å². The minimum Gasteiger partial charge on any atom is -0.461 e. The number of para-hydroxylation sites is 7. The van der Waals surface area contributed by atoms with Crippen molar-refractivity contribution >= 4 is 56.1 Å². The summed E-state index contributed by atoms with van der Waals surface area (Å²) < 4.78 is 20.3. The van der Waals surface area contributed by atoms with Crippen LogP contribution in [0.5, 0.6) is 17.2 Å². The van der Waals surface area contributed by atoms with Crippen LogP contribution in [0.2, 0.25) is 0 Å². The molecule has 0 N–H and O–H groups in total. The minimum atomic E-state index is -0.656. The molecule has 9 aromatic carbocycles. The number of benzene rings is 9. The predicted octanol–water partition coefficient (Wildman–Crippen LogP) is 15.3. The summed E-state index contributed by atoms with van der Waals surface area (Å²) in [5.74, 6) is 3.58. The number of nitrogens with zero attached hydrogens (tertiary/aromatic N) is 2. The summed E-state index contributed by atoms with van der Waals surface area (Å²) in [6.45, 7) is 0. The highest BCUT2D eigenvalue weighted by Gasteiger charge is 2.53. The molecule has 6 nitrogen and oxygen atoms in total. The van der Waals surface area contributed by atoms with Crippen molar-refractivity contribution < 1.29 is 13.9 Å². The molecule has 0 saturated carbocycles. The molecule has 0 radical (unpaired) electrons. The third kappa shape index (κ3) is 4.97. The van der Waals surface area contributed by atoms with E-state index in [1.165, 1.54) is 16.7 Å². The van der Waals surface area contributed by atoms with Gasteiger partial charge in [0.15, 0.2) is 0 Å². The highest BCUT2D eigenvalue weighted by molar-refractivity contribution is 5.98. The van der Waals surface area contributed by atoms with Gasteiger partial charge >= 0.3 is 0 Å². The average molecular weight is 889 g/mol. The van der Waals surface area contributed by atoms with E-state index in [-0.39, 0.29) is 5.43 Å². The molecular weight excluding hydrogens is 849 g/mol. The molecule has 0 unspecified atom stereocenters. The normalized spacial score (nSPS) is 16.1. The second kappa shape index (κ2) is 14.1. The van der Waals surface area contributed by atoms with Crippen molar-refractivity contribution in [3.8, 4) is 17.2 Å². The van der Waals surface area contributed by atoms with Crippen molar-refractivity contribution in [2.24, 2.45) is 0 Å². The second-order valence-electron chi connectivity index (χ2n) is 18.5. The maximum atomic E-state index is 14.6. The van der Waals surface area contributed by atoms with Crippen LogP contribution in [-0.2, 0) is 10.8 Å². The molecule has 326 valence electrons. The Labute approximate surface area is 397 Å². The maximum absolute atomic E-state index is 14.6. The van der Waals surface area contributed by atoms with Gasteiger partial charge in [-0.3, -0.25) is 4.79 Å². The summed E-state index contributed by atoms with van der Waals surface area (Å²) in [6, 6.07) is 72.1. The molecule has 1 aromatic heterocycles. The largest absolute Gasteiger partial charge is 0.461 e. The Morgan fingerprint density at radius 1 is 0.406 bits per heavy atom. The van der Waals surface area contributed by atoms with Gasteiger partial charge in [0.05, 0.1) is 44.4 Å². The number of hydrogen-bond donors (Lipinski definition) is 0. The van der Waals surface area contributed by atoms with Crippen LogP contribution in [0.25, 0.3) is 21.9 Å². The summed E-state index contributed by atoms with van der Waals surface area (Å²) in [5, 5.41) is 1.06. The first kappa shape index (κ1) is 38.3. The van der Waals surface area contributed by atoms with E-state index in [2.05, 4.69) is 186 Å². The van der Waals surface area contributed by atoms with Gasteiger partial charge < -0.3 is 23.7 Å². The van der Waals surface area contributed by atoms with Crippen LogP contribution in [-0.4, -0.2) is 0 Å². The lowest BCUT2D eigenvalue weighted by Gasteiger charge is -2.49. The molecule has 0 atom stereocenters. The maximum Gasteiger partial charge on any atom is 0.200 e. The van der Waals surface area contributed by atoms with E-state index < -0.39 is 10.8 Å². The molecule has 5 heterocycles. The summed E-state index contributed by atoms with van der Waals surface area (Å²) in [4.78, 5) is 19.3. The molecule has 0 fully saturated rings. The Bertz CT molecular complexity index is 3850. The first-order valence-corrected chi connectivity index (χ1v) is 23.7. The summed E-state index contributed by atoms with van der Waals surface area (Å²) in [5.41, 5.74) is 14.7. The lowest BCUT2D eigenvalue weighted by atomic mass is 9.60. The molecule has 0 saturated heterocycles. The van der Waals surface area contributed by atoms with E-state index in [0.29, 0.717) is 21.9 Å². The van der Waals surface area contributed by atoms with Crippen LogP contribution >= 0.6 is 0 Å². The minimum absolute atomic E-state index is 0.0704. The number of ether oxygens (including phenoxy) is 2. The Balaban J connectivity index is 0.911. The standard InChI is InChI=1S/C63H40N2O4/c66-61-41-35-33-39(64-51-25-9-1-17-43(51)62(44-18-2-10-26-52(44)64)47-21-5-13-29-55(47)67-56-30-14-6-22-48(56)62)37-59(41)69-60-38-40(34-36-42(60)61)65-53-27-11-3-19-45(53)63(46-20-4-12-28-54(46)65)49-23-7-15-31-57(49)68-58-32-16-8-24-50(58)63/h1-15,17-31,33-38H,16,32H2. The number of fused-ring (bicyclic) bond motifs is 17. The van der Waals surface area contributed by atoms with Gasteiger partial charge in [-0.25, -0.2) is 0 Å². The molecule has 0 amide bonds. The lowest BCUT2D eigenvalue weighted by Crippen LogP contribution is -2.41. The SMILES string of the molecule is O=c1c2ccc(N3c4ccccc4C4(C5=C(CCC=C5)Oc5ccccc54)c4ccccc43)cc2oc2cc(N3c4ccccc4C4(c5ccccc5Oc5ccccc54)c4ccccc43)ccc12. The van der Waals surface area contributed by atoms with Gasteiger partial charge in [-0.2, -0.15) is 0 Å². The molecule has 15 rings (SSSR count). The first-order chi connectivity index (χ1) is 34.1. The van der Waals surface area contributed by atoms with Crippen LogP contribution in [0.15, 0.2) is 239 Å². The van der Waals surface area contributed by atoms with Gasteiger partial charge in [-0.15, -0.1) is 0 Å². The molecule has 4 aliphatic heterocycles. The van der Waals surface area contributed by atoms with Gasteiger partial charge in [0.25, 0.3) is 0 Å². The summed E-state index contributed by atoms with van der Waals surface area (Å²) in [6.07, 6.45) is 6.33. The van der Waals surface area contributed by atoms with E-state index >= 15 is 0 Å². The summed E-state index contributed by atoms with van der Waals surface area (Å²) in [7, 11) is 0. The smallest absolute Gasteiger partial charge is 0.200 e. The van der Waals surface area contributed by atoms with Crippen molar-refractivity contribution in [3.63, 3.8) is 0 Å². The highest BCUT2D eigenvalue weighted by atomic mass is 16.5. The molecule has 1 aliphatic carbocycles. The average Bonchev–Trinajstić information content (AvgIpc) is 3.40. The molecule has 0 bridgehead atoms. The number of hydrogen-bond acceptors (Lipinski definition) is 6. The Morgan fingerprint density at radius 2 is 0.797 bits per heavy atom. The first-order valence-electron chi connectivity index (χ1n) is 23.7. The number of anilines is 6. The predicted molar refractivity (Wildman–Crippen MR) is 274 cm³/mol. The van der Waals surface area contributed by atoms with Crippen molar-refractivity contribution in [2.45, 2.75) is 23.7 Å². The fourth-order valence-electron chi connectivity index (χ4n) is 12.5. The van der Waals surface area contributed by atoms with Crippen LogP contribution in [0.3, 0.4) is 0 Å². The van der Waals surface area contributed by atoms with Crippen molar-refractivity contribution in [1.29, 1.82) is 0 Å². The topological polar surface area (TPSA) is 55.2 Å². The monoisotopic (exact) mass is 888 g/mol. The van der Waals surface area contributed by atoms with E-state index in [9.17, 15) is 4.79 Å². The van der Waals surface area contributed by atoms with Crippen LogP contribution < -0.4 is 24.7 Å². The van der Waals surface area contributed by atoms with Gasteiger partial charge in [0, 0.05) is 52.2 Å². The third-order valence-corrected chi connectivity index (χ3v) is 15.2. The summed E-state index contributed by atoms with van der Waals surface area (Å²) >= 11 is 0. The van der Waals surface area contributed by atoms with E-state index in [4.69, 9.17) is 13.9 Å². The Morgan fingerprint density at radius 3 is 1.28 bits per heavy atom. The van der Waals surface area contributed by atoms with Gasteiger partial charge in [0.2, 0.25) is 5.43 Å². The van der Waals surface area contributed by atoms with E-state index in [1.54, 1.807) is 0 Å². The molecule has 2 spiro atoms. The quantitative estimate of drug-likeness (QED) is 0.161. The lowest BCUT2D eigenvalue weighted by molar-refractivity contribution is 0.362. The van der Waals surface area contributed by atoms with Crippen molar-refractivity contribution in [1.82, 2.24) is 0 Å². The van der Waals surface area contributed by atoms with Crippen molar-refractivity contribution in [3.05, 3.63) is 279 Å². The van der Waals surface area contributed by atoms with Crippen LogP contribution in [0.1, 0.15) is 51.8 Å². The van der Waals surface area contributed by atoms with Gasteiger partial charge in [-0.05, 0) is 95.4 Å². The van der Waals surface area contributed by atoms with E-state index in [1.807, 2.05) is 42.5 Å². The van der Waals surface area contributed by atoms with Crippen LogP contribution in [0, 0.1) is 0 Å². The molecule has 6 heteroatoms. The Hall–Kier alpha value is -8.87. The molecule has 10 aromatic rings. The third-order valence-electron chi connectivity index (χ3n) is 15.2.